The van der Waals surface area contributed by atoms with Gasteiger partial charge in [0.25, 0.3) is 0 Å². The third-order valence-electron chi connectivity index (χ3n) is 2.07. The van der Waals surface area contributed by atoms with Gasteiger partial charge in [0.15, 0.2) is 5.11 Å². The average Bonchev–Trinajstić information content (AvgIpc) is 2.83. The molecule has 1 aliphatic rings. The third-order valence-corrected chi connectivity index (χ3v) is 2.44. The molecule has 0 heterocycles. The van der Waals surface area contributed by atoms with E-state index >= 15 is 0 Å². The van der Waals surface area contributed by atoms with Gasteiger partial charge in [0.2, 0.25) is 0 Å². The summed E-state index contributed by atoms with van der Waals surface area (Å²) in [4.78, 5) is 2.23. The van der Waals surface area contributed by atoms with Crippen LogP contribution in [0.15, 0.2) is 0 Å². The monoisotopic (exact) mass is 186 g/mol. The van der Waals surface area contributed by atoms with Gasteiger partial charge in [-0.25, -0.2) is 0 Å². The molecule has 0 aromatic rings. The molecule has 0 atom stereocenters. The number of rotatable bonds is 4. The van der Waals surface area contributed by atoms with Gasteiger partial charge in [-0.15, -0.1) is 0 Å². The Morgan fingerprint density at radius 2 is 2.17 bits per heavy atom. The van der Waals surface area contributed by atoms with Gasteiger partial charge >= 0.3 is 0 Å². The van der Waals surface area contributed by atoms with Crippen molar-refractivity contribution in [1.82, 2.24) is 10.2 Å². The lowest BCUT2D eigenvalue weighted by molar-refractivity contribution is 0.431. The van der Waals surface area contributed by atoms with Crippen molar-refractivity contribution in [3.05, 3.63) is 0 Å². The summed E-state index contributed by atoms with van der Waals surface area (Å²) in [6.07, 6.45) is 3.76. The van der Waals surface area contributed by atoms with E-state index in [1.54, 1.807) is 0 Å². The molecule has 0 aromatic heterocycles. The summed E-state index contributed by atoms with van der Waals surface area (Å²) in [7, 11) is 0. The summed E-state index contributed by atoms with van der Waals surface area (Å²) in [6.45, 7) is 6.43. The summed E-state index contributed by atoms with van der Waals surface area (Å²) in [5.41, 5.74) is 0. The van der Waals surface area contributed by atoms with E-state index in [0.717, 1.165) is 18.2 Å². The Balaban J connectivity index is 2.24. The van der Waals surface area contributed by atoms with Crippen molar-refractivity contribution in [2.45, 2.75) is 39.2 Å². The van der Waals surface area contributed by atoms with E-state index in [9.17, 15) is 0 Å². The van der Waals surface area contributed by atoms with Gasteiger partial charge in [0, 0.05) is 19.1 Å². The minimum absolute atomic E-state index is 0.684. The molecule has 0 aliphatic heterocycles. The van der Waals surface area contributed by atoms with Crippen LogP contribution in [0, 0.1) is 0 Å². The first kappa shape index (κ1) is 9.78. The minimum Gasteiger partial charge on any atom is -0.360 e. The van der Waals surface area contributed by atoms with Crippen molar-refractivity contribution >= 4 is 17.3 Å². The van der Waals surface area contributed by atoms with E-state index in [4.69, 9.17) is 12.2 Å². The zero-order valence-electron chi connectivity index (χ0n) is 7.97. The molecule has 0 aromatic carbocycles. The molecule has 0 amide bonds. The Morgan fingerprint density at radius 1 is 1.50 bits per heavy atom. The zero-order valence-corrected chi connectivity index (χ0v) is 8.78. The highest BCUT2D eigenvalue weighted by Crippen LogP contribution is 2.18. The molecule has 0 unspecified atom stereocenters. The second kappa shape index (κ2) is 4.65. The Bertz CT molecular complexity index is 155. The highest BCUT2D eigenvalue weighted by atomic mass is 32.1. The number of nitrogens with zero attached hydrogens (tertiary/aromatic N) is 1. The van der Waals surface area contributed by atoms with E-state index in [1.807, 2.05) is 0 Å². The highest BCUT2D eigenvalue weighted by Gasteiger charge is 2.23. The number of thiocarbonyl (C=S) groups is 1. The van der Waals surface area contributed by atoms with Gasteiger partial charge < -0.3 is 10.2 Å². The molecule has 1 saturated carbocycles. The Morgan fingerprint density at radius 3 is 2.58 bits per heavy atom. The van der Waals surface area contributed by atoms with Crippen LogP contribution in [0.25, 0.3) is 0 Å². The molecular weight excluding hydrogens is 168 g/mol. The van der Waals surface area contributed by atoms with Gasteiger partial charge in [-0.3, -0.25) is 0 Å². The van der Waals surface area contributed by atoms with Crippen molar-refractivity contribution in [2.75, 3.05) is 13.1 Å². The zero-order chi connectivity index (χ0) is 8.97. The molecule has 0 spiro atoms. The lowest BCUT2D eigenvalue weighted by Crippen LogP contribution is -2.40. The fourth-order valence-electron chi connectivity index (χ4n) is 1.17. The third kappa shape index (κ3) is 2.97. The van der Waals surface area contributed by atoms with Gasteiger partial charge in [0.1, 0.15) is 0 Å². The molecule has 70 valence electrons. The maximum atomic E-state index is 5.27. The molecule has 0 bridgehead atoms. The second-order valence-electron chi connectivity index (χ2n) is 3.30. The molecule has 1 rings (SSSR count). The van der Waals surface area contributed by atoms with Crippen LogP contribution in [0.1, 0.15) is 33.1 Å². The van der Waals surface area contributed by atoms with E-state index in [-0.39, 0.29) is 0 Å². The Kier molecular flexibility index (Phi) is 3.79. The summed E-state index contributed by atoms with van der Waals surface area (Å²) in [5.74, 6) is 0. The van der Waals surface area contributed by atoms with Gasteiger partial charge in [-0.1, -0.05) is 6.92 Å². The van der Waals surface area contributed by atoms with Crippen LogP contribution in [-0.2, 0) is 0 Å². The van der Waals surface area contributed by atoms with Crippen LogP contribution in [0.4, 0.5) is 0 Å². The quantitative estimate of drug-likeness (QED) is 0.673. The summed E-state index contributed by atoms with van der Waals surface area (Å²) < 4.78 is 0. The highest BCUT2D eigenvalue weighted by molar-refractivity contribution is 7.80. The molecule has 1 aliphatic carbocycles. The van der Waals surface area contributed by atoms with Crippen LogP contribution < -0.4 is 5.32 Å². The summed E-state index contributed by atoms with van der Waals surface area (Å²) >= 11 is 5.27. The van der Waals surface area contributed by atoms with Gasteiger partial charge in [0.05, 0.1) is 0 Å². The van der Waals surface area contributed by atoms with Crippen molar-refractivity contribution < 1.29 is 0 Å². The van der Waals surface area contributed by atoms with Crippen molar-refractivity contribution in [1.29, 1.82) is 0 Å². The molecule has 1 N–H and O–H groups in total. The van der Waals surface area contributed by atoms with Crippen LogP contribution in [0.5, 0.6) is 0 Å². The molecule has 0 radical (unpaired) electrons. The second-order valence-corrected chi connectivity index (χ2v) is 3.69. The number of nitrogens with one attached hydrogen (secondary N) is 1. The first-order valence-corrected chi connectivity index (χ1v) is 5.24. The fraction of sp³-hybridized carbons (Fsp3) is 0.889. The largest absolute Gasteiger partial charge is 0.360 e. The predicted octanol–water partition coefficient (Wildman–Crippen LogP) is 1.76. The molecule has 2 nitrogen and oxygen atoms in total. The standard InChI is InChI=1S/C9H18N2S/c1-3-7-11(4-2)9(12)10-8-5-6-8/h8H,3-7H2,1-2H3,(H,10,12). The summed E-state index contributed by atoms with van der Waals surface area (Å²) in [5, 5.41) is 4.29. The average molecular weight is 186 g/mol. The van der Waals surface area contributed by atoms with Crippen LogP contribution in [0.2, 0.25) is 0 Å². The molecule has 3 heteroatoms. The smallest absolute Gasteiger partial charge is 0.169 e. The number of hydrogen-bond acceptors (Lipinski definition) is 1. The lowest BCUT2D eigenvalue weighted by atomic mass is 10.4. The van der Waals surface area contributed by atoms with Crippen LogP contribution >= 0.6 is 12.2 Å². The minimum atomic E-state index is 0.684. The summed E-state index contributed by atoms with van der Waals surface area (Å²) in [6, 6.07) is 0.684. The fourth-order valence-corrected chi connectivity index (χ4v) is 1.55. The molecule has 0 saturated heterocycles. The number of hydrogen-bond donors (Lipinski definition) is 1. The van der Waals surface area contributed by atoms with E-state index in [1.165, 1.54) is 19.3 Å². The van der Waals surface area contributed by atoms with Crippen molar-refractivity contribution in [3.8, 4) is 0 Å². The molecule has 1 fully saturated rings. The maximum Gasteiger partial charge on any atom is 0.169 e. The maximum absolute atomic E-state index is 5.27. The topological polar surface area (TPSA) is 15.3 Å². The van der Waals surface area contributed by atoms with E-state index in [0.29, 0.717) is 6.04 Å². The lowest BCUT2D eigenvalue weighted by Gasteiger charge is -2.23. The van der Waals surface area contributed by atoms with Crippen molar-refractivity contribution in [3.63, 3.8) is 0 Å². The van der Waals surface area contributed by atoms with Crippen LogP contribution in [0.3, 0.4) is 0 Å². The first-order chi connectivity index (χ1) is 5.77. The first-order valence-electron chi connectivity index (χ1n) is 4.83. The van der Waals surface area contributed by atoms with E-state index in [2.05, 4.69) is 24.1 Å². The Labute approximate surface area is 80.3 Å². The molecular formula is C9H18N2S. The van der Waals surface area contributed by atoms with E-state index < -0.39 is 0 Å². The van der Waals surface area contributed by atoms with Gasteiger partial charge in [-0.2, -0.15) is 0 Å². The molecule has 12 heavy (non-hydrogen) atoms. The normalized spacial score (nSPS) is 15.8. The predicted molar refractivity (Wildman–Crippen MR) is 56.3 cm³/mol. The Hall–Kier alpha value is -0.310. The van der Waals surface area contributed by atoms with Gasteiger partial charge in [-0.05, 0) is 38.4 Å². The van der Waals surface area contributed by atoms with Crippen LogP contribution in [-0.4, -0.2) is 29.1 Å². The van der Waals surface area contributed by atoms with Crippen molar-refractivity contribution in [2.24, 2.45) is 0 Å². The SMILES string of the molecule is CCCN(CC)C(=S)NC1CC1.